The predicted octanol–water partition coefficient (Wildman–Crippen LogP) is 2.76. The topological polar surface area (TPSA) is 50.4 Å². The Labute approximate surface area is 99.0 Å². The van der Waals surface area contributed by atoms with E-state index in [9.17, 15) is 9.90 Å². The number of hydrogen-bond donors (Lipinski definition) is 1. The summed E-state index contributed by atoms with van der Waals surface area (Å²) in [5, 5.41) is 11.5. The number of carbonyl (C=O) groups excluding carboxylic acids is 1. The van der Waals surface area contributed by atoms with Crippen molar-refractivity contribution in [3.05, 3.63) is 36.1 Å². The lowest BCUT2D eigenvalue weighted by Crippen LogP contribution is -2.31. The summed E-state index contributed by atoms with van der Waals surface area (Å²) in [5.41, 5.74) is -0.180. The average Bonchev–Trinajstić information content (AvgIpc) is 2.77. The van der Waals surface area contributed by atoms with Gasteiger partial charge in [0, 0.05) is 18.2 Å². The highest BCUT2D eigenvalue weighted by Gasteiger charge is 2.36. The number of fused-ring (bicyclic) bond motifs is 1. The van der Waals surface area contributed by atoms with E-state index in [2.05, 4.69) is 0 Å². The van der Waals surface area contributed by atoms with Gasteiger partial charge in [0.15, 0.2) is 0 Å². The van der Waals surface area contributed by atoms with Gasteiger partial charge in [-0.2, -0.15) is 0 Å². The van der Waals surface area contributed by atoms with Gasteiger partial charge in [-0.3, -0.25) is 4.79 Å². The minimum Gasteiger partial charge on any atom is -0.458 e. The van der Waals surface area contributed by atoms with E-state index in [4.69, 9.17) is 4.42 Å². The first-order valence-corrected chi connectivity index (χ1v) is 5.90. The number of benzene rings is 1. The fraction of sp³-hybridized carbons (Fsp3) is 0.357. The van der Waals surface area contributed by atoms with Gasteiger partial charge < -0.3 is 9.52 Å². The van der Waals surface area contributed by atoms with Crippen molar-refractivity contribution < 1.29 is 14.3 Å². The Kier molecular flexibility index (Phi) is 2.30. The molecular formula is C14H14O3. The summed E-state index contributed by atoms with van der Waals surface area (Å²) >= 11 is 0. The number of ketones is 1. The molecule has 1 aliphatic carbocycles. The third kappa shape index (κ3) is 1.76. The zero-order valence-electron chi connectivity index (χ0n) is 9.48. The molecule has 88 valence electrons. The van der Waals surface area contributed by atoms with Crippen molar-refractivity contribution in [3.63, 3.8) is 0 Å². The quantitative estimate of drug-likeness (QED) is 0.819. The standard InChI is InChI=1S/C14H14O3/c15-11-5-7-14(16,8-6-11)13-9-10-3-1-2-4-12(10)17-13/h1-4,9,16H,5-8H2. The Hall–Kier alpha value is -1.61. The molecule has 0 spiro atoms. The normalized spacial score (nSPS) is 19.7. The molecule has 0 bridgehead atoms. The predicted molar refractivity (Wildman–Crippen MR) is 63.6 cm³/mol. The Balaban J connectivity index is 2.00. The average molecular weight is 230 g/mol. The number of furan rings is 1. The van der Waals surface area contributed by atoms with Crippen LogP contribution in [0.1, 0.15) is 31.4 Å². The van der Waals surface area contributed by atoms with Crippen LogP contribution in [0.3, 0.4) is 0 Å². The lowest BCUT2D eigenvalue weighted by atomic mass is 9.82. The van der Waals surface area contributed by atoms with E-state index in [1.54, 1.807) is 0 Å². The maximum atomic E-state index is 11.2. The Bertz CT molecular complexity index is 525. The van der Waals surface area contributed by atoms with Gasteiger partial charge in [-0.1, -0.05) is 18.2 Å². The van der Waals surface area contributed by atoms with E-state index in [0.29, 0.717) is 31.4 Å². The summed E-state index contributed by atoms with van der Waals surface area (Å²) in [7, 11) is 0. The smallest absolute Gasteiger partial charge is 0.136 e. The van der Waals surface area contributed by atoms with Crippen LogP contribution >= 0.6 is 0 Å². The summed E-state index contributed by atoms with van der Waals surface area (Å²) in [6.07, 6.45) is 1.80. The van der Waals surface area contributed by atoms with Gasteiger partial charge in [0.2, 0.25) is 0 Å². The van der Waals surface area contributed by atoms with Crippen LogP contribution in [0.4, 0.5) is 0 Å². The van der Waals surface area contributed by atoms with Crippen molar-refractivity contribution >= 4 is 16.8 Å². The number of Topliss-reactive ketones (excluding diaryl/α,β-unsaturated/α-hetero) is 1. The molecule has 1 fully saturated rings. The van der Waals surface area contributed by atoms with Gasteiger partial charge >= 0.3 is 0 Å². The third-order valence-corrected chi connectivity index (χ3v) is 3.52. The van der Waals surface area contributed by atoms with Gasteiger partial charge in [-0.25, -0.2) is 0 Å². The van der Waals surface area contributed by atoms with Gasteiger partial charge in [-0.15, -0.1) is 0 Å². The molecule has 0 radical (unpaired) electrons. The highest BCUT2D eigenvalue weighted by molar-refractivity contribution is 5.80. The fourth-order valence-electron chi connectivity index (χ4n) is 2.40. The first kappa shape index (κ1) is 10.5. The molecular weight excluding hydrogens is 216 g/mol. The zero-order chi connectivity index (χ0) is 11.9. The molecule has 3 nitrogen and oxygen atoms in total. The van der Waals surface area contributed by atoms with E-state index < -0.39 is 5.60 Å². The van der Waals surface area contributed by atoms with Gasteiger partial charge in [0.05, 0.1) is 0 Å². The molecule has 17 heavy (non-hydrogen) atoms. The van der Waals surface area contributed by atoms with E-state index >= 15 is 0 Å². The first-order valence-electron chi connectivity index (χ1n) is 5.90. The van der Waals surface area contributed by atoms with Crippen molar-refractivity contribution in [2.45, 2.75) is 31.3 Å². The molecule has 1 aromatic carbocycles. The molecule has 3 rings (SSSR count). The maximum Gasteiger partial charge on any atom is 0.136 e. The summed E-state index contributed by atoms with van der Waals surface area (Å²) < 4.78 is 5.68. The Morgan fingerprint density at radius 2 is 1.88 bits per heavy atom. The van der Waals surface area contributed by atoms with Crippen molar-refractivity contribution in [2.24, 2.45) is 0 Å². The number of aliphatic hydroxyl groups is 1. The minimum absolute atomic E-state index is 0.228. The van der Waals surface area contributed by atoms with Gasteiger partial charge in [-0.05, 0) is 25.0 Å². The maximum absolute atomic E-state index is 11.2. The van der Waals surface area contributed by atoms with Crippen molar-refractivity contribution in [2.75, 3.05) is 0 Å². The summed E-state index contributed by atoms with van der Waals surface area (Å²) in [5.74, 6) is 0.817. The number of hydrogen-bond acceptors (Lipinski definition) is 3. The largest absolute Gasteiger partial charge is 0.458 e. The van der Waals surface area contributed by atoms with Crippen LogP contribution in [-0.2, 0) is 10.4 Å². The van der Waals surface area contributed by atoms with Crippen LogP contribution in [0, 0.1) is 0 Å². The van der Waals surface area contributed by atoms with E-state index in [1.165, 1.54) is 0 Å². The van der Waals surface area contributed by atoms with Crippen molar-refractivity contribution in [3.8, 4) is 0 Å². The number of para-hydroxylation sites is 1. The summed E-state index contributed by atoms with van der Waals surface area (Å²) in [6.45, 7) is 0. The second-order valence-electron chi connectivity index (χ2n) is 4.72. The molecule has 0 unspecified atom stereocenters. The van der Waals surface area contributed by atoms with Crippen LogP contribution in [0.25, 0.3) is 11.0 Å². The summed E-state index contributed by atoms with van der Waals surface area (Å²) in [4.78, 5) is 11.2. The van der Waals surface area contributed by atoms with Crippen LogP contribution in [0.15, 0.2) is 34.7 Å². The van der Waals surface area contributed by atoms with Gasteiger partial charge in [0.1, 0.15) is 22.7 Å². The highest BCUT2D eigenvalue weighted by atomic mass is 16.4. The van der Waals surface area contributed by atoms with E-state index in [1.807, 2.05) is 30.3 Å². The SMILES string of the molecule is O=C1CCC(O)(c2cc3ccccc3o2)CC1. The molecule has 1 saturated carbocycles. The Morgan fingerprint density at radius 1 is 1.18 bits per heavy atom. The lowest BCUT2D eigenvalue weighted by molar-refractivity contribution is -0.126. The van der Waals surface area contributed by atoms with Crippen molar-refractivity contribution in [1.29, 1.82) is 0 Å². The lowest BCUT2D eigenvalue weighted by Gasteiger charge is -2.29. The molecule has 0 aliphatic heterocycles. The van der Waals surface area contributed by atoms with Crippen molar-refractivity contribution in [1.82, 2.24) is 0 Å². The molecule has 3 heteroatoms. The number of carbonyl (C=O) groups is 1. The van der Waals surface area contributed by atoms with Crippen LogP contribution in [-0.4, -0.2) is 10.9 Å². The molecule has 1 aromatic heterocycles. The molecule has 2 aromatic rings. The Morgan fingerprint density at radius 3 is 2.59 bits per heavy atom. The van der Waals surface area contributed by atoms with Crippen LogP contribution in [0.5, 0.6) is 0 Å². The molecule has 1 heterocycles. The first-order chi connectivity index (χ1) is 8.17. The van der Waals surface area contributed by atoms with Crippen LogP contribution in [0.2, 0.25) is 0 Å². The zero-order valence-corrected chi connectivity index (χ0v) is 9.48. The van der Waals surface area contributed by atoms with E-state index in [-0.39, 0.29) is 5.78 Å². The highest BCUT2D eigenvalue weighted by Crippen LogP contribution is 2.38. The summed E-state index contributed by atoms with van der Waals surface area (Å²) in [6, 6.07) is 9.57. The molecule has 1 N–H and O–H groups in total. The second-order valence-corrected chi connectivity index (χ2v) is 4.72. The second kappa shape index (κ2) is 3.70. The molecule has 0 saturated heterocycles. The number of rotatable bonds is 1. The van der Waals surface area contributed by atoms with Gasteiger partial charge in [0.25, 0.3) is 0 Å². The van der Waals surface area contributed by atoms with E-state index in [0.717, 1.165) is 11.0 Å². The molecule has 0 amide bonds. The fourth-order valence-corrected chi connectivity index (χ4v) is 2.40. The molecule has 1 aliphatic rings. The third-order valence-electron chi connectivity index (χ3n) is 3.52. The minimum atomic E-state index is -0.965. The van der Waals surface area contributed by atoms with Crippen LogP contribution < -0.4 is 0 Å². The molecule has 0 atom stereocenters. The monoisotopic (exact) mass is 230 g/mol.